The highest BCUT2D eigenvalue weighted by Crippen LogP contribution is 2.35. The van der Waals surface area contributed by atoms with Crippen molar-refractivity contribution in [1.29, 1.82) is 0 Å². The van der Waals surface area contributed by atoms with E-state index in [0.29, 0.717) is 5.69 Å². The van der Waals surface area contributed by atoms with Gasteiger partial charge in [-0.1, -0.05) is 22.7 Å². The fourth-order valence-corrected chi connectivity index (χ4v) is 1.73. The van der Waals surface area contributed by atoms with Gasteiger partial charge in [0, 0.05) is 17.1 Å². The number of hydrogen-bond acceptors (Lipinski definition) is 1. The number of anilines is 1. The van der Waals surface area contributed by atoms with Gasteiger partial charge in [-0.15, -0.1) is 0 Å². The van der Waals surface area contributed by atoms with Crippen LogP contribution in [0.5, 0.6) is 0 Å². The maximum Gasteiger partial charge on any atom is 0.0943 e. The van der Waals surface area contributed by atoms with Crippen LogP contribution < -0.4 is 5.12 Å². The summed E-state index contributed by atoms with van der Waals surface area (Å²) in [6.45, 7) is 0. The number of benzene rings is 1. The zero-order valence-electron chi connectivity index (χ0n) is 7.70. The number of aromatic amines is 1. The highest BCUT2D eigenvalue weighted by molar-refractivity contribution is 5.92. The van der Waals surface area contributed by atoms with Gasteiger partial charge in [0.25, 0.3) is 0 Å². The summed E-state index contributed by atoms with van der Waals surface area (Å²) in [5, 5.41) is 1.85. The molecule has 0 unspecified atom stereocenters. The van der Waals surface area contributed by atoms with Crippen LogP contribution in [0.4, 0.5) is 10.2 Å². The average molecular weight is 190 g/mol. The van der Waals surface area contributed by atoms with E-state index in [4.69, 9.17) is 0 Å². The van der Waals surface area contributed by atoms with E-state index in [0.717, 1.165) is 28.9 Å². The Morgan fingerprint density at radius 3 is 2.86 bits per heavy atom. The smallest absolute Gasteiger partial charge is 0.0943 e. The van der Waals surface area contributed by atoms with Crippen LogP contribution in [0.3, 0.4) is 0 Å². The molecule has 0 saturated heterocycles. The maximum absolute atomic E-state index is 13.7. The molecule has 1 aliphatic carbocycles. The van der Waals surface area contributed by atoms with Crippen molar-refractivity contribution >= 4 is 16.6 Å². The summed E-state index contributed by atoms with van der Waals surface area (Å²) in [6, 6.07) is 7.88. The normalized spacial score (nSPS) is 16.1. The first-order chi connectivity index (χ1) is 6.86. The molecule has 2 aromatic rings. The van der Waals surface area contributed by atoms with E-state index in [1.165, 1.54) is 0 Å². The molecule has 3 rings (SSSR count). The Kier molecular flexibility index (Phi) is 1.54. The topological polar surface area (TPSA) is 19.0 Å². The predicted molar refractivity (Wildman–Crippen MR) is 54.9 cm³/mol. The molecule has 3 heteroatoms. The van der Waals surface area contributed by atoms with E-state index in [9.17, 15) is 4.48 Å². The third-order valence-corrected chi connectivity index (χ3v) is 2.67. The molecule has 1 heterocycles. The number of para-hydroxylation sites is 1. The number of aromatic nitrogens is 1. The van der Waals surface area contributed by atoms with Gasteiger partial charge in [0.1, 0.15) is 0 Å². The zero-order valence-corrected chi connectivity index (χ0v) is 7.70. The van der Waals surface area contributed by atoms with Crippen molar-refractivity contribution in [3.05, 3.63) is 30.5 Å². The minimum Gasteiger partial charge on any atom is -0.359 e. The predicted octanol–water partition coefficient (Wildman–Crippen LogP) is 3.02. The monoisotopic (exact) mass is 190 g/mol. The quantitative estimate of drug-likeness (QED) is 0.721. The number of nitrogens with one attached hydrogen (secondary N) is 1. The molecule has 0 bridgehead atoms. The lowest BCUT2D eigenvalue weighted by Gasteiger charge is -2.10. The molecule has 1 aliphatic rings. The van der Waals surface area contributed by atoms with Gasteiger partial charge in [0.15, 0.2) is 0 Å². The highest BCUT2D eigenvalue weighted by Gasteiger charge is 2.31. The molecule has 14 heavy (non-hydrogen) atoms. The number of halogens is 1. The molecule has 0 spiro atoms. The van der Waals surface area contributed by atoms with Gasteiger partial charge in [0.05, 0.1) is 11.7 Å². The van der Waals surface area contributed by atoms with Gasteiger partial charge in [-0.25, -0.2) is 5.12 Å². The molecule has 1 aromatic heterocycles. The number of nitrogens with zero attached hydrogens (tertiary/aromatic N) is 1. The minimum atomic E-state index is 0.106. The van der Waals surface area contributed by atoms with Crippen molar-refractivity contribution in [2.45, 2.75) is 18.9 Å². The summed E-state index contributed by atoms with van der Waals surface area (Å²) >= 11 is 0. The first-order valence-corrected chi connectivity index (χ1v) is 4.87. The molecule has 1 saturated carbocycles. The lowest BCUT2D eigenvalue weighted by Crippen LogP contribution is -2.13. The van der Waals surface area contributed by atoms with Crippen LogP contribution in [0.15, 0.2) is 30.5 Å². The first kappa shape index (κ1) is 7.85. The number of H-pyrrole nitrogens is 1. The average Bonchev–Trinajstić information content (AvgIpc) is 2.97. The Hall–Kier alpha value is -1.51. The van der Waals surface area contributed by atoms with Crippen LogP contribution in [-0.2, 0) is 0 Å². The molecule has 1 aromatic carbocycles. The molecule has 1 fully saturated rings. The van der Waals surface area contributed by atoms with Crippen LogP contribution >= 0.6 is 0 Å². The van der Waals surface area contributed by atoms with Gasteiger partial charge in [0.2, 0.25) is 0 Å². The second-order valence-corrected chi connectivity index (χ2v) is 3.76. The number of fused-ring (bicyclic) bond motifs is 1. The number of hydrogen-bond donors (Lipinski definition) is 1. The molecular formula is C11H11FN2. The van der Waals surface area contributed by atoms with E-state index in [1.807, 2.05) is 24.3 Å². The summed E-state index contributed by atoms with van der Waals surface area (Å²) in [7, 11) is 0. The fourth-order valence-electron chi connectivity index (χ4n) is 1.73. The largest absolute Gasteiger partial charge is 0.359 e. The van der Waals surface area contributed by atoms with Crippen molar-refractivity contribution in [2.75, 3.05) is 5.12 Å². The Morgan fingerprint density at radius 1 is 1.29 bits per heavy atom. The third kappa shape index (κ3) is 1.09. The highest BCUT2D eigenvalue weighted by atomic mass is 19.2. The molecule has 0 radical (unpaired) electrons. The van der Waals surface area contributed by atoms with Crippen LogP contribution in [0, 0.1) is 0 Å². The molecule has 0 amide bonds. The molecule has 1 N–H and O–H groups in total. The minimum absolute atomic E-state index is 0.106. The summed E-state index contributed by atoms with van der Waals surface area (Å²) in [5.41, 5.74) is 1.66. The lowest BCUT2D eigenvalue weighted by molar-refractivity contribution is 0.429. The van der Waals surface area contributed by atoms with Gasteiger partial charge in [-0.3, -0.25) is 0 Å². The molecular weight excluding hydrogens is 179 g/mol. The molecule has 0 atom stereocenters. The van der Waals surface area contributed by atoms with Crippen molar-refractivity contribution in [3.63, 3.8) is 0 Å². The van der Waals surface area contributed by atoms with Crippen LogP contribution in [-0.4, -0.2) is 11.0 Å². The number of rotatable bonds is 2. The fraction of sp³-hybridized carbons (Fsp3) is 0.273. The standard InChI is InChI=1S/C11H11FN2/c12-14(8-5-6-8)11-7-13-10-4-2-1-3-9(10)11/h1-4,7-8,13H,5-6H2. The van der Waals surface area contributed by atoms with E-state index >= 15 is 0 Å². The van der Waals surface area contributed by atoms with E-state index in [-0.39, 0.29) is 6.04 Å². The van der Waals surface area contributed by atoms with Crippen LogP contribution in [0.2, 0.25) is 0 Å². The van der Waals surface area contributed by atoms with Crippen molar-refractivity contribution in [1.82, 2.24) is 4.98 Å². The van der Waals surface area contributed by atoms with Gasteiger partial charge in [-0.2, -0.15) is 0 Å². The summed E-state index contributed by atoms with van der Waals surface area (Å²) in [4.78, 5) is 3.07. The van der Waals surface area contributed by atoms with Gasteiger partial charge in [-0.05, 0) is 18.9 Å². The van der Waals surface area contributed by atoms with Crippen molar-refractivity contribution in [2.24, 2.45) is 0 Å². The second kappa shape index (κ2) is 2.74. The van der Waals surface area contributed by atoms with Crippen LogP contribution in [0.1, 0.15) is 12.8 Å². The Bertz CT molecular complexity index is 459. The van der Waals surface area contributed by atoms with Crippen molar-refractivity contribution in [3.8, 4) is 0 Å². The van der Waals surface area contributed by atoms with Crippen LogP contribution in [0.25, 0.3) is 10.9 Å². The molecule has 0 aliphatic heterocycles. The molecule has 72 valence electrons. The third-order valence-electron chi connectivity index (χ3n) is 2.67. The summed E-state index contributed by atoms with van der Waals surface area (Å²) < 4.78 is 13.7. The molecule has 2 nitrogen and oxygen atoms in total. The lowest BCUT2D eigenvalue weighted by atomic mass is 10.2. The van der Waals surface area contributed by atoms with E-state index in [2.05, 4.69) is 4.98 Å². The maximum atomic E-state index is 13.7. The van der Waals surface area contributed by atoms with E-state index in [1.54, 1.807) is 6.20 Å². The summed E-state index contributed by atoms with van der Waals surface area (Å²) in [5.74, 6) is 0. The second-order valence-electron chi connectivity index (χ2n) is 3.76. The Morgan fingerprint density at radius 2 is 2.07 bits per heavy atom. The Balaban J connectivity index is 2.11. The zero-order chi connectivity index (χ0) is 9.54. The summed E-state index contributed by atoms with van der Waals surface area (Å²) in [6.07, 6.45) is 3.68. The van der Waals surface area contributed by atoms with E-state index < -0.39 is 0 Å². The van der Waals surface area contributed by atoms with Gasteiger partial charge >= 0.3 is 0 Å². The SMILES string of the molecule is FN(c1c[nH]c2ccccc12)C1CC1. The Labute approximate surface area is 81.3 Å². The van der Waals surface area contributed by atoms with Crippen molar-refractivity contribution < 1.29 is 4.48 Å². The van der Waals surface area contributed by atoms with Gasteiger partial charge < -0.3 is 4.98 Å². The first-order valence-electron chi connectivity index (χ1n) is 4.87.